The molecule has 0 fully saturated rings. The molecule has 0 bridgehead atoms. The number of ether oxygens (including phenoxy) is 1. The Morgan fingerprint density at radius 3 is 2.32 bits per heavy atom. The van der Waals surface area contributed by atoms with E-state index < -0.39 is 0 Å². The smallest absolute Gasteiger partial charge is 0.129 e. The van der Waals surface area contributed by atoms with Gasteiger partial charge < -0.3 is 20.2 Å². The molecule has 1 aliphatic heterocycles. The third-order valence-electron chi connectivity index (χ3n) is 4.91. The molecular formula is C20H31NO4. The zero-order valence-electron chi connectivity index (χ0n) is 15.2. The Hall–Kier alpha value is -1.75. The lowest BCUT2D eigenvalue weighted by Crippen LogP contribution is -2.39. The van der Waals surface area contributed by atoms with Gasteiger partial charge in [0.25, 0.3) is 0 Å². The summed E-state index contributed by atoms with van der Waals surface area (Å²) in [4.78, 5) is 0. The van der Waals surface area contributed by atoms with Crippen molar-refractivity contribution in [2.24, 2.45) is 5.16 Å². The molecule has 1 aliphatic rings. The lowest BCUT2D eigenvalue weighted by atomic mass is 9.86. The molecule has 5 heteroatoms. The molecule has 1 atom stereocenters. The highest BCUT2D eigenvalue weighted by Crippen LogP contribution is 2.38. The molecule has 0 amide bonds. The largest absolute Gasteiger partial charge is 0.508 e. The Morgan fingerprint density at radius 1 is 1.04 bits per heavy atom. The van der Waals surface area contributed by atoms with E-state index in [1.165, 1.54) is 32.1 Å². The number of oxime groups is 1. The van der Waals surface area contributed by atoms with Crippen molar-refractivity contribution in [1.29, 1.82) is 0 Å². The first-order valence-electron chi connectivity index (χ1n) is 9.42. The van der Waals surface area contributed by atoms with Crippen molar-refractivity contribution < 1.29 is 20.2 Å². The molecule has 3 N–H and O–H groups in total. The van der Waals surface area contributed by atoms with Crippen LogP contribution in [-0.2, 0) is 0 Å². The zero-order valence-corrected chi connectivity index (χ0v) is 15.2. The Balaban J connectivity index is 1.76. The minimum atomic E-state index is -0.368. The average Bonchev–Trinajstić information content (AvgIpc) is 2.60. The van der Waals surface area contributed by atoms with Gasteiger partial charge in [0.15, 0.2) is 0 Å². The van der Waals surface area contributed by atoms with E-state index in [4.69, 9.17) is 9.84 Å². The third-order valence-corrected chi connectivity index (χ3v) is 4.91. The van der Waals surface area contributed by atoms with Crippen molar-refractivity contribution >= 4 is 5.71 Å². The fourth-order valence-corrected chi connectivity index (χ4v) is 3.48. The number of phenols is 1. The van der Waals surface area contributed by atoms with E-state index in [0.29, 0.717) is 30.1 Å². The maximum absolute atomic E-state index is 9.62. The van der Waals surface area contributed by atoms with Crippen LogP contribution >= 0.6 is 0 Å². The van der Waals surface area contributed by atoms with Crippen molar-refractivity contribution in [2.45, 2.75) is 76.7 Å². The number of aliphatic hydroxyl groups is 1. The van der Waals surface area contributed by atoms with Crippen LogP contribution < -0.4 is 4.74 Å². The number of fused-ring (bicyclic) bond motifs is 1. The van der Waals surface area contributed by atoms with Gasteiger partial charge in [0.05, 0.1) is 5.71 Å². The molecule has 0 radical (unpaired) electrons. The number of benzene rings is 1. The second kappa shape index (κ2) is 9.66. The monoisotopic (exact) mass is 349 g/mol. The van der Waals surface area contributed by atoms with Gasteiger partial charge in [-0.15, -0.1) is 0 Å². The summed E-state index contributed by atoms with van der Waals surface area (Å²) in [5.41, 5.74) is 0.874. The van der Waals surface area contributed by atoms with Crippen molar-refractivity contribution in [2.75, 3.05) is 6.61 Å². The minimum Gasteiger partial charge on any atom is -0.508 e. The summed E-state index contributed by atoms with van der Waals surface area (Å²) in [5.74, 6) is 0.814. The van der Waals surface area contributed by atoms with E-state index in [1.807, 2.05) is 0 Å². The molecule has 0 saturated carbocycles. The highest BCUT2D eigenvalue weighted by atomic mass is 16.5. The van der Waals surface area contributed by atoms with E-state index in [2.05, 4.69) is 12.1 Å². The summed E-state index contributed by atoms with van der Waals surface area (Å²) in [6, 6.07) is 4.91. The van der Waals surface area contributed by atoms with E-state index >= 15 is 0 Å². The number of phenolic OH excluding ortho intramolecular Hbond substituents is 1. The topological polar surface area (TPSA) is 82.3 Å². The van der Waals surface area contributed by atoms with Crippen molar-refractivity contribution in [1.82, 2.24) is 0 Å². The van der Waals surface area contributed by atoms with Gasteiger partial charge in [-0.2, -0.15) is 0 Å². The van der Waals surface area contributed by atoms with Crippen LogP contribution in [-0.4, -0.2) is 33.3 Å². The van der Waals surface area contributed by atoms with E-state index in [9.17, 15) is 10.3 Å². The third kappa shape index (κ3) is 5.92. The summed E-state index contributed by atoms with van der Waals surface area (Å²) < 4.78 is 6.15. The van der Waals surface area contributed by atoms with E-state index in [-0.39, 0.29) is 11.4 Å². The van der Waals surface area contributed by atoms with Crippen LogP contribution in [0.1, 0.15) is 76.7 Å². The molecular weight excluding hydrogens is 318 g/mol. The molecule has 0 aromatic heterocycles. The lowest BCUT2D eigenvalue weighted by molar-refractivity contribution is 0.0764. The van der Waals surface area contributed by atoms with Crippen LogP contribution in [0.5, 0.6) is 11.5 Å². The second-order valence-electron chi connectivity index (χ2n) is 7.26. The van der Waals surface area contributed by atoms with Crippen molar-refractivity contribution in [3.05, 3.63) is 23.8 Å². The van der Waals surface area contributed by atoms with Gasteiger partial charge in [-0.05, 0) is 44.4 Å². The van der Waals surface area contributed by atoms with Crippen LogP contribution in [0.25, 0.3) is 0 Å². The zero-order chi connectivity index (χ0) is 18.1. The normalized spacial score (nSPS) is 21.1. The molecule has 5 nitrogen and oxygen atoms in total. The predicted octanol–water partition coefficient (Wildman–Crippen LogP) is 4.61. The highest BCUT2D eigenvalue weighted by molar-refractivity contribution is 6.04. The molecule has 1 unspecified atom stereocenters. The molecule has 25 heavy (non-hydrogen) atoms. The van der Waals surface area contributed by atoms with Gasteiger partial charge in [-0.25, -0.2) is 0 Å². The van der Waals surface area contributed by atoms with E-state index in [1.54, 1.807) is 18.2 Å². The van der Waals surface area contributed by atoms with Crippen LogP contribution in [0.3, 0.4) is 0 Å². The Kier molecular flexibility index (Phi) is 7.56. The van der Waals surface area contributed by atoms with Crippen molar-refractivity contribution in [3.8, 4) is 11.5 Å². The average molecular weight is 349 g/mol. The van der Waals surface area contributed by atoms with Gasteiger partial charge >= 0.3 is 0 Å². The maximum atomic E-state index is 9.62. The molecule has 0 saturated heterocycles. The fraction of sp³-hybridized carbons (Fsp3) is 0.650. The molecule has 1 aromatic carbocycles. The summed E-state index contributed by atoms with van der Waals surface area (Å²) in [5, 5.41) is 31.1. The van der Waals surface area contributed by atoms with E-state index in [0.717, 1.165) is 25.7 Å². The number of aromatic hydroxyl groups is 1. The SMILES string of the molecule is CC1(CCCCCCCCCCO)CC(=NO)c2cc(O)ccc2O1. The minimum absolute atomic E-state index is 0.145. The van der Waals surface area contributed by atoms with Crippen LogP contribution in [0.15, 0.2) is 23.4 Å². The molecule has 0 aliphatic carbocycles. The first kappa shape index (κ1) is 19.6. The summed E-state index contributed by atoms with van der Waals surface area (Å²) in [7, 11) is 0. The standard InChI is InChI=1S/C20H31NO4/c1-20(12-8-6-4-2-3-5-7-9-13-22)15-18(21-24)17-14-16(23)10-11-19(17)25-20/h10-11,14,22-24H,2-9,12-13,15H2,1H3. The lowest BCUT2D eigenvalue weighted by Gasteiger charge is -2.36. The molecule has 1 heterocycles. The van der Waals surface area contributed by atoms with Crippen molar-refractivity contribution in [3.63, 3.8) is 0 Å². The number of rotatable bonds is 10. The van der Waals surface area contributed by atoms with Crippen LogP contribution in [0.2, 0.25) is 0 Å². The first-order chi connectivity index (χ1) is 12.1. The van der Waals surface area contributed by atoms with Gasteiger partial charge in [0, 0.05) is 18.6 Å². The molecule has 1 aromatic rings. The van der Waals surface area contributed by atoms with Gasteiger partial charge in [0.2, 0.25) is 0 Å². The summed E-state index contributed by atoms with van der Waals surface area (Å²) in [6.07, 6.45) is 10.7. The number of nitrogens with zero attached hydrogens (tertiary/aromatic N) is 1. The van der Waals surface area contributed by atoms with Gasteiger partial charge in [-0.1, -0.05) is 43.7 Å². The fourth-order valence-electron chi connectivity index (χ4n) is 3.48. The molecule has 0 spiro atoms. The highest BCUT2D eigenvalue weighted by Gasteiger charge is 2.35. The Morgan fingerprint density at radius 2 is 1.68 bits per heavy atom. The molecule has 2 rings (SSSR count). The Bertz CT molecular complexity index is 573. The first-order valence-corrected chi connectivity index (χ1v) is 9.42. The van der Waals surface area contributed by atoms with Gasteiger partial charge in [-0.3, -0.25) is 0 Å². The number of unbranched alkanes of at least 4 members (excludes halogenated alkanes) is 7. The molecule has 140 valence electrons. The predicted molar refractivity (Wildman–Crippen MR) is 98.7 cm³/mol. The second-order valence-corrected chi connectivity index (χ2v) is 7.26. The van der Waals surface area contributed by atoms with Crippen LogP contribution in [0.4, 0.5) is 0 Å². The quantitative estimate of drug-likeness (QED) is 0.327. The number of aliphatic hydroxyl groups excluding tert-OH is 1. The van der Waals surface area contributed by atoms with Gasteiger partial charge in [0.1, 0.15) is 17.1 Å². The maximum Gasteiger partial charge on any atom is 0.129 e. The Labute approximate surface area is 150 Å². The summed E-state index contributed by atoms with van der Waals surface area (Å²) >= 11 is 0. The summed E-state index contributed by atoms with van der Waals surface area (Å²) in [6.45, 7) is 2.36. The van der Waals surface area contributed by atoms with Crippen LogP contribution in [0, 0.1) is 0 Å². The number of hydrogen-bond donors (Lipinski definition) is 3. The number of hydrogen-bond acceptors (Lipinski definition) is 5.